The van der Waals surface area contributed by atoms with Gasteiger partial charge in [0.1, 0.15) is 28.9 Å². The summed E-state index contributed by atoms with van der Waals surface area (Å²) < 4.78 is 1.03. The summed E-state index contributed by atoms with van der Waals surface area (Å²) in [7, 11) is 0. The topological polar surface area (TPSA) is 305 Å². The number of nitrogens with one attached hydrogen (secondary N) is 1. The van der Waals surface area contributed by atoms with Crippen molar-refractivity contribution in [2.45, 2.75) is 36.0 Å². The molecule has 2 amide bonds. The van der Waals surface area contributed by atoms with Gasteiger partial charge >= 0.3 is 17.1 Å². The van der Waals surface area contributed by atoms with Crippen LogP contribution < -0.4 is 38.8 Å². The van der Waals surface area contributed by atoms with Crippen molar-refractivity contribution in [3.63, 3.8) is 0 Å². The molecule has 42 heavy (non-hydrogen) atoms. The number of carboxylic acids is 2. The number of thiazole rings is 1. The first-order valence-electron chi connectivity index (χ1n) is 11.8. The van der Waals surface area contributed by atoms with Crippen molar-refractivity contribution in [2.75, 3.05) is 40.3 Å². The molecule has 21 heteroatoms. The Hall–Kier alpha value is -4.50. The third-order valence-corrected chi connectivity index (χ3v) is 8.96. The van der Waals surface area contributed by atoms with E-state index in [1.54, 1.807) is 0 Å². The molecule has 3 atom stereocenters. The maximum atomic E-state index is 13.2. The van der Waals surface area contributed by atoms with Crippen molar-refractivity contribution < 1.29 is 38.9 Å². The number of hydrogen-bond acceptors (Lipinski definition) is 16. The number of thioether (sulfide) groups is 2. The summed E-state index contributed by atoms with van der Waals surface area (Å²) in [5.41, 5.74) is 22.9. The van der Waals surface area contributed by atoms with Gasteiger partial charge in [0.25, 0.3) is 17.6 Å². The normalized spacial score (nSPS) is 19.1. The summed E-state index contributed by atoms with van der Waals surface area (Å²) >= 11 is 3.32. The van der Waals surface area contributed by atoms with Crippen LogP contribution in [0, 0.1) is 0 Å². The summed E-state index contributed by atoms with van der Waals surface area (Å²) in [6, 6.07) is -1.09. The highest BCUT2D eigenvalue weighted by Gasteiger charge is 2.54. The fourth-order valence-corrected chi connectivity index (χ4v) is 6.83. The molecule has 2 unspecified atom stereocenters. The maximum absolute atomic E-state index is 13.2. The number of β-lactam (4-membered cyclic amide) rings is 1. The molecular weight excluding hydrogens is 615 g/mol. The lowest BCUT2D eigenvalue weighted by atomic mass is 10.0. The number of aliphatic carboxylic acids is 2. The first-order chi connectivity index (χ1) is 19.8. The standard InChI is InChI=1S/C21H25N11O7S3/c1-6(2-9(33)34)39-30-11(8-5-41-20(25)27-8)16(35)28-12-17(36)31-13(19(37)38)7(3-40-18(12)31)4-42-21-29-14(23)10(22)15(24)32(21)26/h5-6,12,18H,2-4,26H2,1H3,(H10,22,23,24,25,27,28,30,33,34,35,37,38)/p+1/t6?,12?,18-/m1/s1. The molecule has 224 valence electrons. The number of hydrogen-bond donors (Lipinski definition) is 8. The van der Waals surface area contributed by atoms with E-state index in [4.69, 9.17) is 38.7 Å². The number of rotatable bonds is 11. The average molecular weight is 641 g/mol. The Morgan fingerprint density at radius 3 is 2.62 bits per heavy atom. The van der Waals surface area contributed by atoms with E-state index in [1.165, 1.54) is 24.1 Å². The molecule has 4 heterocycles. The van der Waals surface area contributed by atoms with Crippen LogP contribution in [0.2, 0.25) is 0 Å². The molecule has 2 aromatic heterocycles. The summed E-state index contributed by atoms with van der Waals surface area (Å²) in [4.78, 5) is 63.8. The van der Waals surface area contributed by atoms with E-state index in [1.807, 2.05) is 0 Å². The van der Waals surface area contributed by atoms with E-state index in [-0.39, 0.29) is 62.6 Å². The van der Waals surface area contributed by atoms with Gasteiger partial charge in [0, 0.05) is 16.9 Å². The maximum Gasteiger partial charge on any atom is 0.352 e. The monoisotopic (exact) mass is 640 g/mol. The van der Waals surface area contributed by atoms with Gasteiger partial charge < -0.3 is 43.3 Å². The fourth-order valence-electron chi connectivity index (χ4n) is 3.87. The number of anilines is 4. The molecule has 2 aromatic rings. The molecular formula is C21H26N11O7S3+. The first kappa shape index (κ1) is 30.5. The van der Waals surface area contributed by atoms with E-state index in [0.717, 1.165) is 32.7 Å². The van der Waals surface area contributed by atoms with E-state index < -0.39 is 41.3 Å². The third kappa shape index (κ3) is 6.06. The summed E-state index contributed by atoms with van der Waals surface area (Å²) in [6.45, 7) is 1.45. The molecule has 0 saturated carbocycles. The number of aromatic nitrogens is 3. The molecule has 18 nitrogen and oxygen atoms in total. The predicted octanol–water partition coefficient (Wildman–Crippen LogP) is -2.02. The van der Waals surface area contributed by atoms with Gasteiger partial charge in [-0.3, -0.25) is 25.1 Å². The highest BCUT2D eigenvalue weighted by molar-refractivity contribution is 8.01. The number of fused-ring (bicyclic) bond motifs is 1. The Morgan fingerprint density at radius 1 is 1.29 bits per heavy atom. The Bertz CT molecular complexity index is 1530. The number of carbonyl (C=O) groups is 4. The lowest BCUT2D eigenvalue weighted by molar-refractivity contribution is -0.667. The van der Waals surface area contributed by atoms with Crippen LogP contribution in [0.25, 0.3) is 0 Å². The molecule has 0 spiro atoms. The van der Waals surface area contributed by atoms with Crippen molar-refractivity contribution >= 4 is 86.8 Å². The number of carbonyl (C=O) groups excluding carboxylic acids is 2. The number of oxime groups is 1. The van der Waals surface area contributed by atoms with Crippen molar-refractivity contribution in [1.29, 1.82) is 0 Å². The van der Waals surface area contributed by atoms with Crippen LogP contribution in [-0.4, -0.2) is 83.6 Å². The molecule has 0 aromatic carbocycles. The second kappa shape index (κ2) is 12.2. The van der Waals surface area contributed by atoms with Crippen molar-refractivity contribution in [3.05, 3.63) is 22.3 Å². The lowest BCUT2D eigenvalue weighted by Crippen LogP contribution is -2.71. The van der Waals surface area contributed by atoms with Gasteiger partial charge in [-0.05, 0) is 24.3 Å². The van der Waals surface area contributed by atoms with E-state index >= 15 is 0 Å². The van der Waals surface area contributed by atoms with Crippen molar-refractivity contribution in [1.82, 2.24) is 20.2 Å². The summed E-state index contributed by atoms with van der Waals surface area (Å²) in [5, 5.41) is 26.3. The van der Waals surface area contributed by atoms with Crippen LogP contribution in [0.1, 0.15) is 19.0 Å². The Balaban J connectivity index is 1.51. The Morgan fingerprint density at radius 2 is 2.00 bits per heavy atom. The minimum Gasteiger partial charge on any atom is -0.481 e. The zero-order chi connectivity index (χ0) is 30.9. The molecule has 4 rings (SSSR count). The fraction of sp³-hybridized carbons (Fsp3) is 0.333. The Labute approximate surface area is 249 Å². The second-order valence-corrected chi connectivity index (χ2v) is 11.8. The molecule has 13 N–H and O–H groups in total. The second-order valence-electron chi connectivity index (χ2n) is 8.88. The number of carboxylic acid groups (broad SMARTS) is 2. The number of nitrogen functional groups attached to an aromatic ring is 5. The highest BCUT2D eigenvalue weighted by atomic mass is 32.2. The molecule has 1 fully saturated rings. The minimum atomic E-state index is -1.33. The zero-order valence-corrected chi connectivity index (χ0v) is 24.2. The number of nitrogens with zero attached hydrogens (tertiary/aromatic N) is 5. The van der Waals surface area contributed by atoms with Crippen molar-refractivity contribution in [2.24, 2.45) is 5.16 Å². The quantitative estimate of drug-likeness (QED) is 0.0250. The van der Waals surface area contributed by atoms with E-state index in [9.17, 15) is 24.3 Å². The third-order valence-electron chi connectivity index (χ3n) is 5.91. The van der Waals surface area contributed by atoms with Gasteiger partial charge in [0.2, 0.25) is 5.82 Å². The van der Waals surface area contributed by atoms with Crippen LogP contribution in [0.5, 0.6) is 0 Å². The lowest BCUT2D eigenvalue weighted by Gasteiger charge is -2.49. The Kier molecular flexibility index (Phi) is 8.82. The van der Waals surface area contributed by atoms with Crippen LogP contribution in [0.4, 0.5) is 22.5 Å². The van der Waals surface area contributed by atoms with Gasteiger partial charge in [-0.25, -0.2) is 9.78 Å². The van der Waals surface area contributed by atoms with Gasteiger partial charge in [0.05, 0.1) is 6.42 Å². The van der Waals surface area contributed by atoms with Gasteiger partial charge in [-0.1, -0.05) is 10.1 Å². The average Bonchev–Trinajstić information content (AvgIpc) is 3.36. The molecule has 0 radical (unpaired) electrons. The van der Waals surface area contributed by atoms with Crippen LogP contribution >= 0.6 is 34.9 Å². The van der Waals surface area contributed by atoms with Crippen molar-refractivity contribution in [3.8, 4) is 0 Å². The molecule has 0 bridgehead atoms. The SMILES string of the molecule is CC(CC(=O)O)O/N=C(\C(=O)NC1C(=O)N2C(C(=O)O)=C(CSc3nc(N)c(N)c(N)[n+]3N)CS[C@H]12)c1csc(N)n1. The highest BCUT2D eigenvalue weighted by Crippen LogP contribution is 2.41. The number of nitrogens with two attached hydrogens (primary N) is 5. The molecule has 0 aliphatic carbocycles. The predicted molar refractivity (Wildman–Crippen MR) is 154 cm³/mol. The summed E-state index contributed by atoms with van der Waals surface area (Å²) in [6.07, 6.45) is -1.25. The minimum absolute atomic E-state index is 0.00963. The van der Waals surface area contributed by atoms with E-state index in [2.05, 4.69) is 20.4 Å². The summed E-state index contributed by atoms with van der Waals surface area (Å²) in [5.74, 6) is 2.18. The van der Waals surface area contributed by atoms with E-state index in [0.29, 0.717) is 5.57 Å². The van der Waals surface area contributed by atoms with Crippen LogP contribution in [0.15, 0.2) is 27.0 Å². The largest absolute Gasteiger partial charge is 0.481 e. The van der Waals surface area contributed by atoms with Crippen LogP contribution in [0.3, 0.4) is 0 Å². The van der Waals surface area contributed by atoms with Gasteiger partial charge in [-0.2, -0.15) is 0 Å². The number of amides is 2. The first-order valence-corrected chi connectivity index (χ1v) is 14.7. The zero-order valence-electron chi connectivity index (χ0n) is 21.7. The molecule has 2 aliphatic heterocycles. The van der Waals surface area contributed by atoms with Gasteiger partial charge in [-0.15, -0.1) is 27.8 Å². The smallest absolute Gasteiger partial charge is 0.352 e. The van der Waals surface area contributed by atoms with Gasteiger partial charge in [0.15, 0.2) is 16.5 Å². The van der Waals surface area contributed by atoms with Crippen LogP contribution in [-0.2, 0) is 24.0 Å². The molecule has 1 saturated heterocycles. The molecule has 2 aliphatic rings.